The summed E-state index contributed by atoms with van der Waals surface area (Å²) in [6.07, 6.45) is 14.9. The van der Waals surface area contributed by atoms with Crippen molar-refractivity contribution in [2.45, 2.75) is 19.3 Å². The van der Waals surface area contributed by atoms with Crippen LogP contribution in [0, 0.1) is 5.92 Å². The van der Waals surface area contributed by atoms with E-state index < -0.39 is 0 Å². The summed E-state index contributed by atoms with van der Waals surface area (Å²) in [6, 6.07) is 8.75. The van der Waals surface area contributed by atoms with Gasteiger partial charge in [-0.2, -0.15) is 4.58 Å². The van der Waals surface area contributed by atoms with Gasteiger partial charge in [0.25, 0.3) is 0 Å². The van der Waals surface area contributed by atoms with E-state index in [1.807, 2.05) is 18.1 Å². The van der Waals surface area contributed by atoms with Crippen molar-refractivity contribution < 1.29 is 4.58 Å². The first kappa shape index (κ1) is 15.5. The van der Waals surface area contributed by atoms with Gasteiger partial charge in [0.1, 0.15) is 0 Å². The minimum atomic E-state index is 0.00113. The Hall–Kier alpha value is -2.35. The lowest BCUT2D eigenvalue weighted by Crippen LogP contribution is -2.29. The lowest BCUT2D eigenvalue weighted by molar-refractivity contribution is -0.441. The Morgan fingerprint density at radius 2 is 1.91 bits per heavy atom. The lowest BCUT2D eigenvalue weighted by Gasteiger charge is -2.16. The van der Waals surface area contributed by atoms with Crippen LogP contribution in [0.1, 0.15) is 19.4 Å². The largest absolute Gasteiger partial charge is 0.358 e. The van der Waals surface area contributed by atoms with Crippen molar-refractivity contribution in [3.63, 3.8) is 0 Å². The summed E-state index contributed by atoms with van der Waals surface area (Å²) in [5.74, 6) is 0.470. The minimum Gasteiger partial charge on any atom is -0.358 e. The molecule has 0 atom stereocenters. The smallest absolute Gasteiger partial charge is 0.209 e. The summed E-state index contributed by atoms with van der Waals surface area (Å²) in [5, 5.41) is 0. The highest BCUT2D eigenvalue weighted by Gasteiger charge is 2.44. The minimum absolute atomic E-state index is 0.00113. The molecule has 1 aromatic carbocycles. The van der Waals surface area contributed by atoms with Crippen LogP contribution >= 0.6 is 0 Å². The monoisotopic (exact) mass is 305 g/mol. The van der Waals surface area contributed by atoms with Crippen molar-refractivity contribution in [3.8, 4) is 0 Å². The van der Waals surface area contributed by atoms with E-state index in [0.29, 0.717) is 5.92 Å². The van der Waals surface area contributed by atoms with E-state index in [2.05, 4.69) is 85.8 Å². The van der Waals surface area contributed by atoms with Crippen molar-refractivity contribution in [2.75, 3.05) is 13.6 Å². The van der Waals surface area contributed by atoms with Gasteiger partial charge in [0.2, 0.25) is 5.69 Å². The molecule has 23 heavy (non-hydrogen) atoms. The first-order chi connectivity index (χ1) is 11.0. The maximum atomic E-state index is 3.82. The Labute approximate surface area is 139 Å². The van der Waals surface area contributed by atoms with Crippen LogP contribution in [-0.2, 0) is 5.41 Å². The van der Waals surface area contributed by atoms with Crippen LogP contribution < -0.4 is 0 Å². The van der Waals surface area contributed by atoms with Gasteiger partial charge in [-0.3, -0.25) is 0 Å². The molecule has 3 rings (SSSR count). The van der Waals surface area contributed by atoms with Gasteiger partial charge in [0.15, 0.2) is 12.3 Å². The van der Waals surface area contributed by atoms with E-state index in [1.54, 1.807) is 0 Å². The molecule has 0 N–H and O–H groups in total. The third-order valence-electron chi connectivity index (χ3n) is 4.78. The standard InChI is InChI=1S/C21H25N2/c1-5-22(4)15-14-20-21(2,3)18-12-8-9-13-19(18)23(20)16-17-10-6-7-11-17/h5-15,17H,1,16H2,2-4H3/q+1. The van der Waals surface area contributed by atoms with Gasteiger partial charge in [-0.1, -0.05) is 49.1 Å². The van der Waals surface area contributed by atoms with Crippen molar-refractivity contribution in [1.82, 2.24) is 4.90 Å². The zero-order valence-corrected chi connectivity index (χ0v) is 14.2. The fraction of sp³-hybridized carbons (Fsp3) is 0.286. The van der Waals surface area contributed by atoms with E-state index in [0.717, 1.165) is 6.54 Å². The van der Waals surface area contributed by atoms with E-state index >= 15 is 0 Å². The van der Waals surface area contributed by atoms with Gasteiger partial charge in [0, 0.05) is 31.0 Å². The van der Waals surface area contributed by atoms with Crippen LogP contribution in [0.3, 0.4) is 0 Å². The second kappa shape index (κ2) is 6.04. The number of allylic oxidation sites excluding steroid dienone is 3. The molecule has 0 amide bonds. The van der Waals surface area contributed by atoms with Crippen LogP contribution in [0.25, 0.3) is 0 Å². The highest BCUT2D eigenvalue weighted by Crippen LogP contribution is 2.40. The Bertz CT molecular complexity index is 720. The van der Waals surface area contributed by atoms with Gasteiger partial charge in [-0.25, -0.2) is 0 Å². The molecule has 1 heterocycles. The summed E-state index contributed by atoms with van der Waals surface area (Å²) in [5.41, 5.74) is 4.06. The molecule has 0 saturated carbocycles. The van der Waals surface area contributed by atoms with E-state index in [-0.39, 0.29) is 5.41 Å². The molecule has 0 saturated heterocycles. The molecule has 1 aliphatic carbocycles. The molecule has 0 aromatic heterocycles. The second-order valence-electron chi connectivity index (χ2n) is 6.74. The molecule has 2 heteroatoms. The van der Waals surface area contributed by atoms with E-state index in [1.165, 1.54) is 17.0 Å². The number of benzene rings is 1. The predicted octanol–water partition coefficient (Wildman–Crippen LogP) is 4.39. The van der Waals surface area contributed by atoms with Crippen LogP contribution in [0.4, 0.5) is 5.69 Å². The molecular weight excluding hydrogens is 280 g/mol. The molecule has 2 aliphatic rings. The normalized spacial score (nSPS) is 18.9. The first-order valence-electron chi connectivity index (χ1n) is 8.16. The van der Waals surface area contributed by atoms with Crippen molar-refractivity contribution in [1.29, 1.82) is 0 Å². The molecule has 0 radical (unpaired) electrons. The number of nitrogens with zero attached hydrogens (tertiary/aromatic N) is 2. The molecule has 118 valence electrons. The fourth-order valence-corrected chi connectivity index (χ4v) is 3.40. The Kier molecular flexibility index (Phi) is 4.08. The average molecular weight is 305 g/mol. The summed E-state index contributed by atoms with van der Waals surface area (Å²) >= 11 is 0. The third kappa shape index (κ3) is 2.81. The molecule has 0 spiro atoms. The predicted molar refractivity (Wildman–Crippen MR) is 98.1 cm³/mol. The molecular formula is C21H25N2+. The highest BCUT2D eigenvalue weighted by atomic mass is 15.1. The van der Waals surface area contributed by atoms with Gasteiger partial charge >= 0.3 is 0 Å². The van der Waals surface area contributed by atoms with E-state index in [9.17, 15) is 0 Å². The topological polar surface area (TPSA) is 6.25 Å². The van der Waals surface area contributed by atoms with Gasteiger partial charge in [-0.15, -0.1) is 0 Å². The number of hydrogen-bond acceptors (Lipinski definition) is 1. The fourth-order valence-electron chi connectivity index (χ4n) is 3.40. The van der Waals surface area contributed by atoms with Gasteiger partial charge in [-0.05, 0) is 20.0 Å². The molecule has 1 aliphatic heterocycles. The maximum absolute atomic E-state index is 3.82. The van der Waals surface area contributed by atoms with E-state index in [4.69, 9.17) is 0 Å². The Balaban J connectivity index is 2.07. The first-order valence-corrected chi connectivity index (χ1v) is 8.16. The van der Waals surface area contributed by atoms with Gasteiger partial charge < -0.3 is 4.90 Å². The molecule has 0 fully saturated rings. The summed E-state index contributed by atoms with van der Waals surface area (Å²) in [7, 11) is 2.01. The SMILES string of the molecule is C=CN(C)/C=C/C1=[N+](CC2C=CC=C2)c2ccccc2C1(C)C. The number of para-hydroxylation sites is 1. The Morgan fingerprint density at radius 1 is 1.22 bits per heavy atom. The zero-order chi connectivity index (χ0) is 16.4. The zero-order valence-electron chi connectivity index (χ0n) is 14.2. The van der Waals surface area contributed by atoms with Crippen molar-refractivity contribution >= 4 is 11.4 Å². The summed E-state index contributed by atoms with van der Waals surface area (Å²) in [4.78, 5) is 1.99. The van der Waals surface area contributed by atoms with Crippen molar-refractivity contribution in [2.24, 2.45) is 5.92 Å². The van der Waals surface area contributed by atoms with Crippen LogP contribution in [0.2, 0.25) is 0 Å². The molecule has 0 bridgehead atoms. The highest BCUT2D eigenvalue weighted by molar-refractivity contribution is 6.02. The summed E-state index contributed by atoms with van der Waals surface area (Å²) in [6.45, 7) is 9.41. The maximum Gasteiger partial charge on any atom is 0.209 e. The average Bonchev–Trinajstić information content (AvgIpc) is 3.12. The molecule has 0 unspecified atom stereocenters. The van der Waals surface area contributed by atoms with Crippen LogP contribution in [-0.4, -0.2) is 28.8 Å². The van der Waals surface area contributed by atoms with Gasteiger partial charge in [0.05, 0.1) is 11.3 Å². The number of fused-ring (bicyclic) bond motifs is 1. The molecule has 2 nitrogen and oxygen atoms in total. The quantitative estimate of drug-likeness (QED) is 0.731. The second-order valence-corrected chi connectivity index (χ2v) is 6.74. The lowest BCUT2D eigenvalue weighted by atomic mass is 9.81. The van der Waals surface area contributed by atoms with Crippen LogP contribution in [0.5, 0.6) is 0 Å². The number of rotatable bonds is 5. The Morgan fingerprint density at radius 3 is 2.61 bits per heavy atom. The number of hydrogen-bond donors (Lipinski definition) is 0. The van der Waals surface area contributed by atoms with Crippen molar-refractivity contribution in [3.05, 3.63) is 79.2 Å². The summed E-state index contributed by atoms with van der Waals surface area (Å²) < 4.78 is 2.47. The van der Waals surface area contributed by atoms with Crippen LogP contribution in [0.15, 0.2) is 73.6 Å². The molecule has 1 aromatic rings. The third-order valence-corrected chi connectivity index (χ3v) is 4.78.